The molecule has 4 aromatic carbocycles. The fraction of sp³-hybridized carbons (Fsp3) is 0.359. The van der Waals surface area contributed by atoms with Crippen LogP contribution in [0.5, 0.6) is 17.2 Å². The number of benzene rings is 4. The Morgan fingerprint density at radius 1 is 0.705 bits per heavy atom. The van der Waals surface area contributed by atoms with Gasteiger partial charge in [-0.15, -0.1) is 0 Å². The minimum absolute atomic E-state index is 0.0768. The van der Waals surface area contributed by atoms with Crippen LogP contribution in [-0.2, 0) is 20.4 Å². The first-order chi connectivity index (χ1) is 21.4. The largest absolute Gasteiger partial charge is 0.482 e. The zero-order valence-corrected chi connectivity index (χ0v) is 26.6. The molecule has 0 amide bonds. The van der Waals surface area contributed by atoms with Gasteiger partial charge in [-0.25, -0.2) is 4.79 Å². The highest BCUT2D eigenvalue weighted by Gasteiger charge is 2.57. The number of hydrogen-bond donors (Lipinski definition) is 0. The van der Waals surface area contributed by atoms with Gasteiger partial charge in [0.25, 0.3) is 0 Å². The molecular formula is C39H41O4S+. The summed E-state index contributed by atoms with van der Waals surface area (Å²) in [5, 5.41) is 0. The van der Waals surface area contributed by atoms with E-state index in [2.05, 4.69) is 93.6 Å². The molecule has 4 bridgehead atoms. The molecule has 0 unspecified atom stereocenters. The molecule has 5 heteroatoms. The molecule has 4 saturated carbocycles. The van der Waals surface area contributed by atoms with E-state index in [9.17, 15) is 4.79 Å². The first-order valence-corrected chi connectivity index (χ1v) is 17.2. The van der Waals surface area contributed by atoms with Crippen molar-refractivity contribution >= 4 is 16.9 Å². The molecule has 0 heterocycles. The van der Waals surface area contributed by atoms with E-state index in [-0.39, 0.29) is 29.1 Å². The zero-order valence-electron chi connectivity index (χ0n) is 25.8. The van der Waals surface area contributed by atoms with E-state index in [0.717, 1.165) is 34.5 Å². The number of ether oxygens (including phenoxy) is 3. The summed E-state index contributed by atoms with van der Waals surface area (Å²) >= 11 is 0. The van der Waals surface area contributed by atoms with Gasteiger partial charge in [0.1, 0.15) is 22.8 Å². The normalized spacial score (nSPS) is 25.2. The maximum absolute atomic E-state index is 12.9. The molecule has 0 radical (unpaired) electrons. The lowest BCUT2D eigenvalue weighted by atomic mass is 9.50. The van der Waals surface area contributed by atoms with E-state index >= 15 is 0 Å². The third-order valence-corrected chi connectivity index (χ3v) is 12.3. The van der Waals surface area contributed by atoms with Crippen molar-refractivity contribution in [2.75, 3.05) is 6.61 Å². The SMILES string of the molecule is Cc1cc([S+](c2ccccc2)c2ccccc2)cc(C)c1Oc1ccc(OCC(=O)OC2(C)C3CC4CC(C3)CC2C4)cc1. The Morgan fingerprint density at radius 2 is 1.20 bits per heavy atom. The van der Waals surface area contributed by atoms with Crippen LogP contribution < -0.4 is 9.47 Å². The summed E-state index contributed by atoms with van der Waals surface area (Å²) in [6, 6.07) is 33.4. The topological polar surface area (TPSA) is 44.8 Å². The van der Waals surface area contributed by atoms with Crippen molar-refractivity contribution in [3.05, 3.63) is 108 Å². The Bertz CT molecular complexity index is 1520. The molecule has 0 spiro atoms. The zero-order chi connectivity index (χ0) is 30.3. The van der Waals surface area contributed by atoms with Gasteiger partial charge in [-0.3, -0.25) is 0 Å². The lowest BCUT2D eigenvalue weighted by Crippen LogP contribution is -2.58. The number of esters is 1. The molecule has 8 rings (SSSR count). The number of carbonyl (C=O) groups excluding carboxylic acids is 1. The molecule has 4 aliphatic carbocycles. The Balaban J connectivity index is 1.00. The van der Waals surface area contributed by atoms with E-state index in [4.69, 9.17) is 14.2 Å². The quantitative estimate of drug-likeness (QED) is 0.141. The predicted molar refractivity (Wildman–Crippen MR) is 175 cm³/mol. The van der Waals surface area contributed by atoms with Gasteiger partial charge in [0, 0.05) is 12.1 Å². The molecule has 0 aliphatic heterocycles. The third kappa shape index (κ3) is 5.75. The third-order valence-electron chi connectivity index (χ3n) is 10.1. The van der Waals surface area contributed by atoms with Gasteiger partial charge < -0.3 is 14.2 Å². The number of carbonyl (C=O) groups is 1. The molecule has 4 aromatic rings. The summed E-state index contributed by atoms with van der Waals surface area (Å²) in [5.41, 5.74) is 1.84. The van der Waals surface area contributed by atoms with Crippen LogP contribution in [0.25, 0.3) is 0 Å². The van der Waals surface area contributed by atoms with E-state index < -0.39 is 0 Å². The van der Waals surface area contributed by atoms with Crippen LogP contribution in [0.4, 0.5) is 0 Å². The molecule has 0 aromatic heterocycles. The van der Waals surface area contributed by atoms with Crippen molar-refractivity contribution in [3.8, 4) is 17.2 Å². The van der Waals surface area contributed by atoms with E-state index in [1.807, 2.05) is 24.3 Å². The molecule has 0 N–H and O–H groups in total. The van der Waals surface area contributed by atoms with Gasteiger partial charge in [0.15, 0.2) is 21.3 Å². The second-order valence-corrected chi connectivity index (χ2v) is 15.2. The van der Waals surface area contributed by atoms with Gasteiger partial charge in [-0.2, -0.15) is 0 Å². The summed E-state index contributed by atoms with van der Waals surface area (Å²) < 4.78 is 18.4. The second kappa shape index (κ2) is 12.0. The van der Waals surface area contributed by atoms with Crippen LogP contribution in [0.1, 0.15) is 50.2 Å². The first kappa shape index (κ1) is 29.0. The smallest absolute Gasteiger partial charge is 0.344 e. The fourth-order valence-electron chi connectivity index (χ4n) is 8.14. The van der Waals surface area contributed by atoms with E-state index in [0.29, 0.717) is 17.6 Å². The second-order valence-electron chi connectivity index (χ2n) is 13.1. The molecule has 0 saturated heterocycles. The Kier molecular flexibility index (Phi) is 7.92. The molecule has 4 aliphatic rings. The molecule has 226 valence electrons. The van der Waals surface area contributed by atoms with Crippen molar-refractivity contribution in [1.82, 2.24) is 0 Å². The summed E-state index contributed by atoms with van der Waals surface area (Å²) in [6.07, 6.45) is 6.22. The molecule has 44 heavy (non-hydrogen) atoms. The maximum Gasteiger partial charge on any atom is 0.344 e. The molecule has 0 atom stereocenters. The van der Waals surface area contributed by atoms with Crippen molar-refractivity contribution in [1.29, 1.82) is 0 Å². The van der Waals surface area contributed by atoms with Gasteiger partial charge in [0.05, 0.1) is 10.9 Å². The van der Waals surface area contributed by atoms with Crippen molar-refractivity contribution in [2.45, 2.75) is 73.2 Å². The van der Waals surface area contributed by atoms with Gasteiger partial charge in [0.2, 0.25) is 0 Å². The highest BCUT2D eigenvalue weighted by molar-refractivity contribution is 7.97. The van der Waals surface area contributed by atoms with Gasteiger partial charge in [-0.1, -0.05) is 36.4 Å². The van der Waals surface area contributed by atoms with Crippen LogP contribution >= 0.6 is 0 Å². The summed E-state index contributed by atoms with van der Waals surface area (Å²) in [4.78, 5) is 16.7. The molecule has 4 nitrogen and oxygen atoms in total. The lowest BCUT2D eigenvalue weighted by Gasteiger charge is -2.59. The minimum atomic E-state index is -0.334. The first-order valence-electron chi connectivity index (χ1n) is 15.9. The van der Waals surface area contributed by atoms with Crippen LogP contribution in [0.3, 0.4) is 0 Å². The highest BCUT2D eigenvalue weighted by Crippen LogP contribution is 2.59. The van der Waals surface area contributed by atoms with Crippen molar-refractivity contribution in [2.24, 2.45) is 23.7 Å². The monoisotopic (exact) mass is 605 g/mol. The standard InChI is InChI=1S/C39H41O4S/c1-26-18-36(44(34-10-6-4-7-11-34)35-12-8-5-9-13-35)19-27(2)38(26)42-33-16-14-32(15-17-33)41-25-37(40)43-39(3)30-21-28-20-29(23-30)24-31(39)22-28/h4-19,28-31H,20-25H2,1-3H3/q+1. The Morgan fingerprint density at radius 3 is 1.73 bits per heavy atom. The van der Waals surface area contributed by atoms with E-state index in [1.54, 1.807) is 0 Å². The van der Waals surface area contributed by atoms with Crippen molar-refractivity contribution < 1.29 is 19.0 Å². The van der Waals surface area contributed by atoms with Crippen LogP contribution in [0, 0.1) is 37.5 Å². The van der Waals surface area contributed by atoms with Crippen LogP contribution in [0.2, 0.25) is 0 Å². The maximum atomic E-state index is 12.9. The average molecular weight is 606 g/mol. The summed E-state index contributed by atoms with van der Waals surface area (Å²) in [7, 11) is -0.216. The van der Waals surface area contributed by atoms with Crippen molar-refractivity contribution in [3.63, 3.8) is 0 Å². The molecular weight excluding hydrogens is 564 g/mol. The number of hydrogen-bond acceptors (Lipinski definition) is 4. The van der Waals surface area contributed by atoms with Gasteiger partial charge >= 0.3 is 5.97 Å². The fourth-order valence-corrected chi connectivity index (χ4v) is 10.4. The summed E-state index contributed by atoms with van der Waals surface area (Å²) in [6.45, 7) is 6.31. The molecule has 4 fully saturated rings. The Labute approximate surface area is 264 Å². The highest BCUT2D eigenvalue weighted by atomic mass is 32.2. The van der Waals surface area contributed by atoms with E-state index in [1.165, 1.54) is 46.8 Å². The average Bonchev–Trinajstić information content (AvgIpc) is 3.02. The lowest BCUT2D eigenvalue weighted by molar-refractivity contribution is -0.204. The number of rotatable bonds is 9. The predicted octanol–water partition coefficient (Wildman–Crippen LogP) is 9.33. The van der Waals surface area contributed by atoms with Crippen LogP contribution in [-0.4, -0.2) is 18.2 Å². The number of aryl methyl sites for hydroxylation is 2. The van der Waals surface area contributed by atoms with Gasteiger partial charge in [-0.05, 0) is 136 Å². The Hall–Kier alpha value is -3.70. The minimum Gasteiger partial charge on any atom is -0.482 e. The summed E-state index contributed by atoms with van der Waals surface area (Å²) in [5.74, 6) is 4.64. The van der Waals surface area contributed by atoms with Crippen LogP contribution in [0.15, 0.2) is 112 Å².